The zero-order chi connectivity index (χ0) is 9.52. The lowest BCUT2D eigenvalue weighted by Gasteiger charge is -1.97. The number of benzene rings is 1. The van der Waals surface area contributed by atoms with E-state index in [2.05, 4.69) is 5.16 Å². The highest BCUT2D eigenvalue weighted by atomic mass is 16.4. The zero-order valence-electron chi connectivity index (χ0n) is 7.09. The van der Waals surface area contributed by atoms with Gasteiger partial charge in [0.05, 0.1) is 12.8 Å². The second kappa shape index (κ2) is 5.11. The van der Waals surface area contributed by atoms with Crippen LogP contribution in [-0.4, -0.2) is 23.1 Å². The summed E-state index contributed by atoms with van der Waals surface area (Å²) in [6.45, 7) is 0.00457. The van der Waals surface area contributed by atoms with Crippen molar-refractivity contribution >= 4 is 12.3 Å². The molecule has 0 spiro atoms. The number of hydrogen-bond donors (Lipinski definition) is 2. The molecule has 1 rings (SSSR count). The maximum absolute atomic E-state index is 8.58. The van der Waals surface area contributed by atoms with E-state index in [1.54, 1.807) is 12.2 Å². The van der Waals surface area contributed by atoms with Crippen LogP contribution in [0.3, 0.4) is 0 Å². The van der Waals surface area contributed by atoms with Crippen molar-refractivity contribution in [3.05, 3.63) is 41.5 Å². The molecule has 0 aliphatic heterocycles. The van der Waals surface area contributed by atoms with Gasteiger partial charge in [0.2, 0.25) is 0 Å². The van der Waals surface area contributed by atoms with Crippen molar-refractivity contribution in [2.45, 2.75) is 0 Å². The van der Waals surface area contributed by atoms with Crippen molar-refractivity contribution in [3.63, 3.8) is 0 Å². The van der Waals surface area contributed by atoms with E-state index in [9.17, 15) is 0 Å². The molecule has 0 heterocycles. The Morgan fingerprint density at radius 1 is 1.23 bits per heavy atom. The second-order valence-electron chi connectivity index (χ2n) is 2.46. The van der Waals surface area contributed by atoms with Crippen molar-refractivity contribution in [1.29, 1.82) is 0 Å². The number of aliphatic hydroxyl groups excluding tert-OH is 1. The highest BCUT2D eigenvalue weighted by Crippen LogP contribution is 2.07. The van der Waals surface area contributed by atoms with Gasteiger partial charge in [0.15, 0.2) is 0 Å². The summed E-state index contributed by atoms with van der Waals surface area (Å²) >= 11 is 0. The fourth-order valence-corrected chi connectivity index (χ4v) is 1.02. The maximum Gasteiger partial charge on any atom is 0.0739 e. The van der Waals surface area contributed by atoms with E-state index in [1.807, 2.05) is 24.3 Å². The number of oxime groups is 1. The summed E-state index contributed by atoms with van der Waals surface area (Å²) in [5.41, 5.74) is 1.73. The smallest absolute Gasteiger partial charge is 0.0739 e. The standard InChI is InChI=1S/C10H11NO2/c12-7-3-6-9-4-1-2-5-10(9)8-11-13/h1-6,8,12-13H,7H2. The molecule has 13 heavy (non-hydrogen) atoms. The molecule has 68 valence electrons. The lowest BCUT2D eigenvalue weighted by molar-refractivity contribution is 0.322. The quantitative estimate of drug-likeness (QED) is 0.417. The second-order valence-corrected chi connectivity index (χ2v) is 2.46. The van der Waals surface area contributed by atoms with Gasteiger partial charge in [-0.2, -0.15) is 0 Å². The van der Waals surface area contributed by atoms with Crippen LogP contribution in [0.15, 0.2) is 35.5 Å². The Balaban J connectivity index is 2.97. The first-order chi connectivity index (χ1) is 6.38. The first-order valence-corrected chi connectivity index (χ1v) is 3.92. The molecule has 0 unspecified atom stereocenters. The SMILES string of the molecule is OCC=Cc1ccccc1C=NO. The van der Waals surface area contributed by atoms with Crippen LogP contribution in [0, 0.1) is 0 Å². The van der Waals surface area contributed by atoms with Crippen molar-refractivity contribution in [2.75, 3.05) is 6.61 Å². The lowest BCUT2D eigenvalue weighted by atomic mass is 10.1. The molecule has 0 bridgehead atoms. The molecule has 0 fully saturated rings. The van der Waals surface area contributed by atoms with E-state index >= 15 is 0 Å². The fraction of sp³-hybridized carbons (Fsp3) is 0.100. The Labute approximate surface area is 76.6 Å². The summed E-state index contributed by atoms with van der Waals surface area (Å²) in [5.74, 6) is 0. The van der Waals surface area contributed by atoms with Crippen LogP contribution in [0.2, 0.25) is 0 Å². The molecule has 0 saturated heterocycles. The Morgan fingerprint density at radius 3 is 2.54 bits per heavy atom. The van der Waals surface area contributed by atoms with E-state index in [-0.39, 0.29) is 6.61 Å². The summed E-state index contributed by atoms with van der Waals surface area (Å²) < 4.78 is 0. The first kappa shape index (κ1) is 9.48. The summed E-state index contributed by atoms with van der Waals surface area (Å²) in [7, 11) is 0. The molecule has 3 nitrogen and oxygen atoms in total. The summed E-state index contributed by atoms with van der Waals surface area (Å²) in [6, 6.07) is 7.44. The third-order valence-corrected chi connectivity index (χ3v) is 1.60. The molecular formula is C10H11NO2. The molecule has 2 N–H and O–H groups in total. The van der Waals surface area contributed by atoms with Crippen LogP contribution in [0.5, 0.6) is 0 Å². The minimum absolute atomic E-state index is 0.00457. The van der Waals surface area contributed by atoms with Crippen molar-refractivity contribution in [3.8, 4) is 0 Å². The topological polar surface area (TPSA) is 52.8 Å². The molecule has 0 amide bonds. The van der Waals surface area contributed by atoms with Crippen LogP contribution in [-0.2, 0) is 0 Å². The number of rotatable bonds is 3. The van der Waals surface area contributed by atoms with Crippen LogP contribution in [0.25, 0.3) is 6.08 Å². The number of hydrogen-bond acceptors (Lipinski definition) is 3. The monoisotopic (exact) mass is 177 g/mol. The van der Waals surface area contributed by atoms with Gasteiger partial charge in [0, 0.05) is 5.56 Å². The van der Waals surface area contributed by atoms with Gasteiger partial charge >= 0.3 is 0 Å². The number of aliphatic hydroxyl groups is 1. The molecule has 1 aromatic carbocycles. The molecule has 0 aliphatic carbocycles. The van der Waals surface area contributed by atoms with E-state index < -0.39 is 0 Å². The third-order valence-electron chi connectivity index (χ3n) is 1.60. The van der Waals surface area contributed by atoms with Gasteiger partial charge < -0.3 is 10.3 Å². The molecule has 0 radical (unpaired) electrons. The normalized spacial score (nSPS) is 11.5. The van der Waals surface area contributed by atoms with Crippen LogP contribution in [0.4, 0.5) is 0 Å². The molecular weight excluding hydrogens is 166 g/mol. The average Bonchev–Trinajstić information content (AvgIpc) is 2.17. The molecule has 0 atom stereocenters. The Bertz CT molecular complexity index is 318. The van der Waals surface area contributed by atoms with Crippen molar-refractivity contribution in [1.82, 2.24) is 0 Å². The third kappa shape index (κ3) is 2.72. The van der Waals surface area contributed by atoms with Gasteiger partial charge in [0.25, 0.3) is 0 Å². The average molecular weight is 177 g/mol. The van der Waals surface area contributed by atoms with Crippen molar-refractivity contribution in [2.24, 2.45) is 5.16 Å². The molecule has 1 aromatic rings. The molecule has 0 saturated carbocycles. The van der Waals surface area contributed by atoms with Gasteiger partial charge in [-0.05, 0) is 5.56 Å². The van der Waals surface area contributed by atoms with Gasteiger partial charge in [-0.25, -0.2) is 0 Å². The van der Waals surface area contributed by atoms with Crippen LogP contribution in [0.1, 0.15) is 11.1 Å². The Hall–Kier alpha value is -1.61. The van der Waals surface area contributed by atoms with Gasteiger partial charge in [-0.15, -0.1) is 0 Å². The molecule has 0 aliphatic rings. The predicted molar refractivity (Wildman–Crippen MR) is 51.9 cm³/mol. The van der Waals surface area contributed by atoms with Gasteiger partial charge in [0.1, 0.15) is 0 Å². The van der Waals surface area contributed by atoms with Crippen LogP contribution < -0.4 is 0 Å². The predicted octanol–water partition coefficient (Wildman–Crippen LogP) is 1.50. The van der Waals surface area contributed by atoms with Crippen molar-refractivity contribution < 1.29 is 10.3 Å². The highest BCUT2D eigenvalue weighted by molar-refractivity contribution is 5.84. The van der Waals surface area contributed by atoms with Gasteiger partial charge in [-0.3, -0.25) is 0 Å². The zero-order valence-corrected chi connectivity index (χ0v) is 7.09. The summed E-state index contributed by atoms with van der Waals surface area (Å²) in [4.78, 5) is 0. The lowest BCUT2D eigenvalue weighted by Crippen LogP contribution is -1.86. The largest absolute Gasteiger partial charge is 0.411 e. The van der Waals surface area contributed by atoms with E-state index in [4.69, 9.17) is 10.3 Å². The Kier molecular flexibility index (Phi) is 3.73. The maximum atomic E-state index is 8.58. The van der Waals surface area contributed by atoms with E-state index in [0.717, 1.165) is 11.1 Å². The van der Waals surface area contributed by atoms with E-state index in [0.29, 0.717) is 0 Å². The van der Waals surface area contributed by atoms with Gasteiger partial charge in [-0.1, -0.05) is 41.6 Å². The van der Waals surface area contributed by atoms with Crippen LogP contribution >= 0.6 is 0 Å². The fourth-order valence-electron chi connectivity index (χ4n) is 1.02. The first-order valence-electron chi connectivity index (χ1n) is 3.92. The highest BCUT2D eigenvalue weighted by Gasteiger charge is 1.93. The minimum Gasteiger partial charge on any atom is -0.411 e. The Morgan fingerprint density at radius 2 is 1.92 bits per heavy atom. The van der Waals surface area contributed by atoms with E-state index in [1.165, 1.54) is 6.21 Å². The molecule has 0 aromatic heterocycles. The minimum atomic E-state index is 0.00457. The molecule has 3 heteroatoms. The number of nitrogens with zero attached hydrogens (tertiary/aromatic N) is 1. The summed E-state index contributed by atoms with van der Waals surface area (Å²) in [5, 5.41) is 19.9. The summed E-state index contributed by atoms with van der Waals surface area (Å²) in [6.07, 6.45) is 4.76.